The first-order chi connectivity index (χ1) is 11.6. The Morgan fingerprint density at radius 2 is 2.00 bits per heavy atom. The highest BCUT2D eigenvalue weighted by molar-refractivity contribution is 5.97. The van der Waals surface area contributed by atoms with Gasteiger partial charge in [-0.25, -0.2) is 0 Å². The predicted octanol–water partition coefficient (Wildman–Crippen LogP) is 1.20. The molecule has 2 N–H and O–H groups in total. The molecule has 7 heteroatoms. The lowest BCUT2D eigenvalue weighted by Crippen LogP contribution is -2.54. The first-order valence-electron chi connectivity index (χ1n) is 7.51. The molecule has 124 valence electrons. The summed E-state index contributed by atoms with van der Waals surface area (Å²) >= 11 is 0. The molecule has 0 aliphatic carbocycles. The van der Waals surface area contributed by atoms with Crippen LogP contribution in [0.5, 0.6) is 11.5 Å². The molecule has 0 saturated carbocycles. The third-order valence-electron chi connectivity index (χ3n) is 3.69. The minimum atomic E-state index is -0.738. The normalized spacial score (nSPS) is 17.3. The summed E-state index contributed by atoms with van der Waals surface area (Å²) in [6.45, 7) is 0.849. The van der Waals surface area contributed by atoms with E-state index in [0.29, 0.717) is 30.2 Å². The van der Waals surface area contributed by atoms with Crippen LogP contribution in [-0.4, -0.2) is 47.5 Å². The summed E-state index contributed by atoms with van der Waals surface area (Å²) in [6.07, 6.45) is 3.26. The maximum atomic E-state index is 12.6. The van der Waals surface area contributed by atoms with Crippen molar-refractivity contribution in [3.05, 3.63) is 54.4 Å². The number of carbonyl (C=O) groups is 2. The number of primary amides is 1. The van der Waals surface area contributed by atoms with Gasteiger partial charge in [-0.05, 0) is 36.4 Å². The average molecular weight is 327 g/mol. The van der Waals surface area contributed by atoms with Gasteiger partial charge >= 0.3 is 0 Å². The maximum absolute atomic E-state index is 12.6. The van der Waals surface area contributed by atoms with Crippen LogP contribution in [-0.2, 0) is 9.53 Å². The quantitative estimate of drug-likeness (QED) is 0.910. The van der Waals surface area contributed by atoms with Crippen LogP contribution in [0.1, 0.15) is 10.4 Å². The summed E-state index contributed by atoms with van der Waals surface area (Å²) in [4.78, 5) is 29.5. The van der Waals surface area contributed by atoms with Gasteiger partial charge in [-0.2, -0.15) is 0 Å². The van der Waals surface area contributed by atoms with Crippen molar-refractivity contribution in [1.82, 2.24) is 9.88 Å². The molecular formula is C17H17N3O4. The standard InChI is InChI=1S/C17H17N3O4/c18-16(21)15-11-23-9-8-20(15)17(22)12-3-5-13(6-4-12)24-14-2-1-7-19-10-14/h1-7,10,15H,8-9,11H2,(H2,18,21). The number of benzene rings is 1. The Balaban J connectivity index is 1.72. The molecule has 3 rings (SSSR count). The number of hydrogen-bond acceptors (Lipinski definition) is 5. The molecule has 7 nitrogen and oxygen atoms in total. The van der Waals surface area contributed by atoms with E-state index >= 15 is 0 Å². The molecule has 2 amide bonds. The molecule has 24 heavy (non-hydrogen) atoms. The Labute approximate surface area is 139 Å². The molecule has 0 radical (unpaired) electrons. The summed E-state index contributed by atoms with van der Waals surface area (Å²) in [6, 6.07) is 9.52. The number of morpholine rings is 1. The lowest BCUT2D eigenvalue weighted by Gasteiger charge is -2.33. The van der Waals surface area contributed by atoms with Crippen molar-refractivity contribution in [3.8, 4) is 11.5 Å². The van der Waals surface area contributed by atoms with Crippen LogP contribution < -0.4 is 10.5 Å². The second-order valence-electron chi connectivity index (χ2n) is 5.31. The van der Waals surface area contributed by atoms with Crippen LogP contribution in [0, 0.1) is 0 Å². The second-order valence-corrected chi connectivity index (χ2v) is 5.31. The van der Waals surface area contributed by atoms with Gasteiger partial charge in [0.05, 0.1) is 19.4 Å². The van der Waals surface area contributed by atoms with E-state index in [1.807, 2.05) is 0 Å². The zero-order valence-electron chi connectivity index (χ0n) is 12.9. The largest absolute Gasteiger partial charge is 0.456 e. The third-order valence-corrected chi connectivity index (χ3v) is 3.69. The van der Waals surface area contributed by atoms with Gasteiger partial charge in [0.15, 0.2) is 0 Å². The molecule has 1 saturated heterocycles. The Kier molecular flexibility index (Phi) is 4.72. The van der Waals surface area contributed by atoms with E-state index in [2.05, 4.69) is 4.98 Å². The first kappa shape index (κ1) is 15.9. The highest BCUT2D eigenvalue weighted by Gasteiger charge is 2.31. The molecular weight excluding hydrogens is 310 g/mol. The number of nitrogens with zero attached hydrogens (tertiary/aromatic N) is 2. The fourth-order valence-corrected chi connectivity index (χ4v) is 2.46. The molecule has 2 aromatic rings. The number of hydrogen-bond donors (Lipinski definition) is 1. The van der Waals surface area contributed by atoms with Crippen LogP contribution in [0.2, 0.25) is 0 Å². The van der Waals surface area contributed by atoms with Crippen molar-refractivity contribution in [3.63, 3.8) is 0 Å². The summed E-state index contributed by atoms with van der Waals surface area (Å²) in [7, 11) is 0. The van der Waals surface area contributed by atoms with Gasteiger partial charge in [0.2, 0.25) is 5.91 Å². The number of aromatic nitrogens is 1. The molecule has 1 aliphatic rings. The zero-order valence-corrected chi connectivity index (χ0v) is 12.9. The third kappa shape index (κ3) is 3.52. The number of nitrogens with two attached hydrogens (primary N) is 1. The van der Waals surface area contributed by atoms with Crippen molar-refractivity contribution in [2.45, 2.75) is 6.04 Å². The van der Waals surface area contributed by atoms with Crippen molar-refractivity contribution >= 4 is 11.8 Å². The Hall–Kier alpha value is -2.93. The van der Waals surface area contributed by atoms with E-state index in [9.17, 15) is 9.59 Å². The fraction of sp³-hybridized carbons (Fsp3) is 0.235. The average Bonchev–Trinajstić information content (AvgIpc) is 2.62. The Morgan fingerprint density at radius 3 is 2.67 bits per heavy atom. The van der Waals surface area contributed by atoms with Crippen molar-refractivity contribution in [2.24, 2.45) is 5.73 Å². The van der Waals surface area contributed by atoms with Gasteiger partial charge in [-0.3, -0.25) is 14.6 Å². The SMILES string of the molecule is NC(=O)C1COCCN1C(=O)c1ccc(Oc2cccnc2)cc1. The van der Waals surface area contributed by atoms with Gasteiger partial charge in [0, 0.05) is 18.3 Å². The number of pyridine rings is 1. The van der Waals surface area contributed by atoms with Crippen molar-refractivity contribution < 1.29 is 19.1 Å². The Bertz CT molecular complexity index is 718. The van der Waals surface area contributed by atoms with Crippen LogP contribution in [0.25, 0.3) is 0 Å². The van der Waals surface area contributed by atoms with E-state index < -0.39 is 11.9 Å². The van der Waals surface area contributed by atoms with Gasteiger partial charge in [0.25, 0.3) is 5.91 Å². The van der Waals surface area contributed by atoms with Gasteiger partial charge in [-0.15, -0.1) is 0 Å². The topological polar surface area (TPSA) is 94.8 Å². The van der Waals surface area contributed by atoms with E-state index in [4.69, 9.17) is 15.2 Å². The zero-order chi connectivity index (χ0) is 16.9. The van der Waals surface area contributed by atoms with Gasteiger partial charge < -0.3 is 20.1 Å². The lowest BCUT2D eigenvalue weighted by molar-refractivity contribution is -0.127. The molecule has 1 unspecified atom stereocenters. The summed E-state index contributed by atoms with van der Waals surface area (Å²) < 4.78 is 10.9. The Morgan fingerprint density at radius 1 is 1.21 bits per heavy atom. The van der Waals surface area contributed by atoms with Crippen molar-refractivity contribution in [1.29, 1.82) is 0 Å². The van der Waals surface area contributed by atoms with Crippen LogP contribution >= 0.6 is 0 Å². The molecule has 1 aromatic heterocycles. The minimum absolute atomic E-state index is 0.128. The molecule has 0 bridgehead atoms. The number of carbonyl (C=O) groups excluding carboxylic acids is 2. The summed E-state index contributed by atoms with van der Waals surface area (Å²) in [5, 5.41) is 0. The molecule has 1 atom stereocenters. The predicted molar refractivity (Wildman–Crippen MR) is 85.6 cm³/mol. The monoisotopic (exact) mass is 327 g/mol. The molecule has 0 spiro atoms. The van der Waals surface area contributed by atoms with E-state index in [1.54, 1.807) is 48.8 Å². The van der Waals surface area contributed by atoms with Gasteiger partial charge in [0.1, 0.15) is 17.5 Å². The first-order valence-corrected chi connectivity index (χ1v) is 7.51. The number of ether oxygens (including phenoxy) is 2. The maximum Gasteiger partial charge on any atom is 0.254 e. The van der Waals surface area contributed by atoms with Crippen LogP contribution in [0.4, 0.5) is 0 Å². The number of rotatable bonds is 4. The van der Waals surface area contributed by atoms with E-state index in [0.717, 1.165) is 0 Å². The second kappa shape index (κ2) is 7.10. The fourth-order valence-electron chi connectivity index (χ4n) is 2.46. The van der Waals surface area contributed by atoms with Crippen molar-refractivity contribution in [2.75, 3.05) is 19.8 Å². The smallest absolute Gasteiger partial charge is 0.254 e. The minimum Gasteiger partial charge on any atom is -0.456 e. The molecule has 1 fully saturated rings. The van der Waals surface area contributed by atoms with E-state index in [1.165, 1.54) is 4.90 Å². The summed E-state index contributed by atoms with van der Waals surface area (Å²) in [5.41, 5.74) is 5.80. The highest BCUT2D eigenvalue weighted by atomic mass is 16.5. The molecule has 1 aliphatic heterocycles. The van der Waals surface area contributed by atoms with Crippen LogP contribution in [0.3, 0.4) is 0 Å². The van der Waals surface area contributed by atoms with Gasteiger partial charge in [-0.1, -0.05) is 0 Å². The lowest BCUT2D eigenvalue weighted by atomic mass is 10.1. The molecule has 1 aromatic carbocycles. The molecule has 2 heterocycles. The highest BCUT2D eigenvalue weighted by Crippen LogP contribution is 2.21. The van der Waals surface area contributed by atoms with E-state index in [-0.39, 0.29) is 12.5 Å². The van der Waals surface area contributed by atoms with Crippen LogP contribution in [0.15, 0.2) is 48.8 Å². The summed E-state index contributed by atoms with van der Waals surface area (Å²) in [5.74, 6) is 0.376. The number of amides is 2.